The second kappa shape index (κ2) is 13.4. The molecule has 0 fully saturated rings. The van der Waals surface area contributed by atoms with Crippen LogP contribution in [0.25, 0.3) is 0 Å². The average Bonchev–Trinajstić information content (AvgIpc) is 3.29. The Hall–Kier alpha value is -3.00. The Morgan fingerprint density at radius 2 is 1.46 bits per heavy atom. The van der Waals surface area contributed by atoms with Crippen LogP contribution in [-0.4, -0.2) is 66.2 Å². The lowest BCUT2D eigenvalue weighted by Gasteiger charge is -2.31. The second-order valence-electron chi connectivity index (χ2n) is 9.27. The Morgan fingerprint density at radius 1 is 0.872 bits per heavy atom. The molecular weight excluding hydrogens is 528 g/mol. The zero-order valence-electron chi connectivity index (χ0n) is 21.8. The molecule has 0 unspecified atom stereocenters. The van der Waals surface area contributed by atoms with E-state index in [0.29, 0.717) is 44.1 Å². The minimum Gasteiger partial charge on any atom is -0.383 e. The van der Waals surface area contributed by atoms with Gasteiger partial charge in [-0.2, -0.15) is 41.8 Å². The fourth-order valence-corrected chi connectivity index (χ4v) is 4.05. The molecule has 0 aliphatic carbocycles. The van der Waals surface area contributed by atoms with Crippen molar-refractivity contribution < 1.29 is 35.8 Å². The number of rotatable bonds is 13. The van der Waals surface area contributed by atoms with E-state index < -0.39 is 36.1 Å². The monoisotopic (exact) mass is 559 g/mol. The highest BCUT2D eigenvalue weighted by Crippen LogP contribution is 2.36. The van der Waals surface area contributed by atoms with Gasteiger partial charge < -0.3 is 14.4 Å². The number of ether oxygens (including phenoxy) is 2. The molecule has 0 bridgehead atoms. The van der Waals surface area contributed by atoms with Gasteiger partial charge in [0.05, 0.1) is 37.0 Å². The first kappa shape index (κ1) is 30.5. The summed E-state index contributed by atoms with van der Waals surface area (Å²) in [4.78, 5) is 3.98. The third-order valence-electron chi connectivity index (χ3n) is 5.92. The molecule has 0 radical (unpaired) electrons. The number of H-pyrrole nitrogens is 1. The van der Waals surface area contributed by atoms with Crippen molar-refractivity contribution in [2.45, 2.75) is 38.1 Å². The van der Waals surface area contributed by atoms with Gasteiger partial charge in [0.1, 0.15) is 11.4 Å². The van der Waals surface area contributed by atoms with Crippen molar-refractivity contribution in [3.05, 3.63) is 82.2 Å². The van der Waals surface area contributed by atoms with Gasteiger partial charge in [-0.1, -0.05) is 30.3 Å². The zero-order chi connectivity index (χ0) is 28.6. The van der Waals surface area contributed by atoms with E-state index in [1.807, 2.05) is 54.2 Å². The van der Waals surface area contributed by atoms with Gasteiger partial charge in [0, 0.05) is 26.7 Å². The lowest BCUT2D eigenvalue weighted by atomic mass is 10.0. The smallest absolute Gasteiger partial charge is 0.383 e. The van der Waals surface area contributed by atoms with Crippen molar-refractivity contribution in [2.24, 2.45) is 0 Å². The summed E-state index contributed by atoms with van der Waals surface area (Å²) in [6.45, 7) is 1.28. The number of nitrogens with one attached hydrogen (secondary N) is 1. The number of nitrogens with zero attached hydrogens (tertiary/aromatic N) is 4. The van der Waals surface area contributed by atoms with Crippen LogP contribution in [-0.2, 0) is 41.5 Å². The maximum atomic E-state index is 13.3. The topological polar surface area (TPSA) is 66.5 Å². The number of methoxy groups -OCH3 is 1. The lowest BCUT2D eigenvalue weighted by molar-refractivity contribution is -0.143. The first-order chi connectivity index (χ1) is 18.4. The highest BCUT2D eigenvalue weighted by molar-refractivity contribution is 5.33. The summed E-state index contributed by atoms with van der Waals surface area (Å²) < 4.78 is 90.8. The molecule has 2 aromatic carbocycles. The molecule has 3 rings (SSSR count). The Balaban J connectivity index is 1.86. The summed E-state index contributed by atoms with van der Waals surface area (Å²) in [7, 11) is 5.37. The van der Waals surface area contributed by atoms with E-state index in [1.165, 1.54) is 0 Å². The molecule has 0 saturated heterocycles. The molecule has 39 heavy (non-hydrogen) atoms. The van der Waals surface area contributed by atoms with Crippen molar-refractivity contribution in [1.29, 1.82) is 0 Å². The number of halogens is 6. The van der Waals surface area contributed by atoms with Gasteiger partial charge in [-0.15, -0.1) is 0 Å². The van der Waals surface area contributed by atoms with E-state index >= 15 is 0 Å². The van der Waals surface area contributed by atoms with Crippen LogP contribution in [0.15, 0.2) is 48.5 Å². The van der Waals surface area contributed by atoms with E-state index in [9.17, 15) is 26.3 Å². The van der Waals surface area contributed by atoms with Gasteiger partial charge in [-0.3, -0.25) is 4.90 Å². The number of benzene rings is 2. The highest BCUT2D eigenvalue weighted by atomic mass is 19.4. The fraction of sp³-hybridized carbons (Fsp3) is 0.462. The van der Waals surface area contributed by atoms with E-state index in [2.05, 4.69) is 15.4 Å². The lowest BCUT2D eigenvalue weighted by Crippen LogP contribution is -2.34. The largest absolute Gasteiger partial charge is 0.416 e. The molecule has 0 amide bonds. The SMILES string of the molecule is COCCN(Cc1n[nH]nc1CN(C)C)[C@H](COCc1cc(C(F)(F)F)cc(C(F)(F)F)c1)c1ccccc1. The summed E-state index contributed by atoms with van der Waals surface area (Å²) >= 11 is 0. The molecule has 7 nitrogen and oxygen atoms in total. The molecule has 3 aromatic rings. The Labute approximate surface area is 222 Å². The van der Waals surface area contributed by atoms with Gasteiger partial charge in [0.15, 0.2) is 0 Å². The summed E-state index contributed by atoms with van der Waals surface area (Å²) in [5.74, 6) is 0. The Bertz CT molecular complexity index is 1140. The molecule has 214 valence electrons. The molecule has 0 aliphatic heterocycles. The van der Waals surface area contributed by atoms with Gasteiger partial charge >= 0.3 is 12.4 Å². The van der Waals surface area contributed by atoms with Crippen LogP contribution in [0.5, 0.6) is 0 Å². The van der Waals surface area contributed by atoms with E-state index in [1.54, 1.807) is 7.11 Å². The third kappa shape index (κ3) is 9.02. The predicted octanol–water partition coefficient (Wildman–Crippen LogP) is 5.31. The van der Waals surface area contributed by atoms with Gasteiger partial charge in [0.2, 0.25) is 0 Å². The van der Waals surface area contributed by atoms with Crippen LogP contribution in [0.2, 0.25) is 0 Å². The number of alkyl halides is 6. The molecule has 1 aromatic heterocycles. The van der Waals surface area contributed by atoms with Crippen LogP contribution < -0.4 is 0 Å². The minimum absolute atomic E-state index is 0.00775. The van der Waals surface area contributed by atoms with Crippen LogP contribution in [0.3, 0.4) is 0 Å². The molecular formula is C26H31F6N5O2. The summed E-state index contributed by atoms with van der Waals surface area (Å²) in [6.07, 6.45) is -9.86. The normalized spacial score (nSPS) is 13.4. The van der Waals surface area contributed by atoms with Crippen LogP contribution >= 0.6 is 0 Å². The van der Waals surface area contributed by atoms with Crippen LogP contribution in [0, 0.1) is 0 Å². The number of aromatic nitrogens is 3. The number of aromatic amines is 1. The van der Waals surface area contributed by atoms with Crippen LogP contribution in [0.4, 0.5) is 26.3 Å². The first-order valence-corrected chi connectivity index (χ1v) is 12.1. The average molecular weight is 560 g/mol. The van der Waals surface area contributed by atoms with Crippen molar-refractivity contribution >= 4 is 0 Å². The standard InChI is InChI=1S/C26H31F6N5O2/c1-36(2)14-22-23(34-35-33-22)15-37(9-10-38-3)24(19-7-5-4-6-8-19)17-39-16-18-11-20(25(27,28)29)13-21(12-18)26(30,31)32/h4-8,11-13,24H,9-10,14-17H2,1-3H3,(H,33,34,35)/t24-/m1/s1. The van der Waals surface area contributed by atoms with Gasteiger partial charge in [0.25, 0.3) is 0 Å². The summed E-state index contributed by atoms with van der Waals surface area (Å²) in [6, 6.07) is 10.3. The fourth-order valence-electron chi connectivity index (χ4n) is 4.05. The maximum Gasteiger partial charge on any atom is 0.416 e. The number of hydrogen-bond donors (Lipinski definition) is 1. The quantitative estimate of drug-likeness (QED) is 0.287. The van der Waals surface area contributed by atoms with E-state index in [-0.39, 0.29) is 18.2 Å². The molecule has 0 aliphatic rings. The van der Waals surface area contributed by atoms with Crippen molar-refractivity contribution in [2.75, 3.05) is 41.0 Å². The molecule has 0 saturated carbocycles. The van der Waals surface area contributed by atoms with Crippen LogP contribution in [0.1, 0.15) is 39.7 Å². The minimum atomic E-state index is -4.93. The van der Waals surface area contributed by atoms with Gasteiger partial charge in [-0.25, -0.2) is 0 Å². The summed E-state index contributed by atoms with van der Waals surface area (Å²) in [5.41, 5.74) is -0.677. The molecule has 13 heteroatoms. The molecule has 1 atom stereocenters. The van der Waals surface area contributed by atoms with Crippen molar-refractivity contribution in [1.82, 2.24) is 25.2 Å². The second-order valence-corrected chi connectivity index (χ2v) is 9.27. The van der Waals surface area contributed by atoms with E-state index in [4.69, 9.17) is 9.47 Å². The number of hydrogen-bond acceptors (Lipinski definition) is 6. The van der Waals surface area contributed by atoms with Crippen molar-refractivity contribution in [3.8, 4) is 0 Å². The van der Waals surface area contributed by atoms with E-state index in [0.717, 1.165) is 11.3 Å². The first-order valence-electron chi connectivity index (χ1n) is 12.1. The molecule has 1 heterocycles. The third-order valence-corrected chi connectivity index (χ3v) is 5.92. The van der Waals surface area contributed by atoms with Gasteiger partial charge in [-0.05, 0) is 43.4 Å². The summed E-state index contributed by atoms with van der Waals surface area (Å²) in [5, 5.41) is 11.2. The Kier molecular flexibility index (Phi) is 10.5. The molecule has 1 N–H and O–H groups in total. The zero-order valence-corrected chi connectivity index (χ0v) is 21.8. The molecule has 0 spiro atoms. The van der Waals surface area contributed by atoms with Crippen molar-refractivity contribution in [3.63, 3.8) is 0 Å². The predicted molar refractivity (Wildman–Crippen MR) is 131 cm³/mol. The highest BCUT2D eigenvalue weighted by Gasteiger charge is 2.37. The maximum absolute atomic E-state index is 13.3. The Morgan fingerprint density at radius 3 is 2.00 bits per heavy atom.